The first-order valence-electron chi connectivity index (χ1n) is 8.08. The van der Waals surface area contributed by atoms with E-state index in [1.54, 1.807) is 12.4 Å². The summed E-state index contributed by atoms with van der Waals surface area (Å²) >= 11 is 0. The maximum atomic E-state index is 12.4. The summed E-state index contributed by atoms with van der Waals surface area (Å²) in [4.78, 5) is 20.8. The van der Waals surface area contributed by atoms with Crippen LogP contribution in [-0.2, 0) is 11.3 Å². The SMILES string of the molecule is O=C(NCc1nccn1-c1ccccc1)[C@@H]1C[C@H]1c1cccnc1. The molecular weight excluding hydrogens is 300 g/mol. The van der Waals surface area contributed by atoms with E-state index in [1.807, 2.05) is 59.4 Å². The molecule has 1 aromatic carbocycles. The van der Waals surface area contributed by atoms with Crippen molar-refractivity contribution in [2.24, 2.45) is 5.92 Å². The number of nitrogens with one attached hydrogen (secondary N) is 1. The second-order valence-electron chi connectivity index (χ2n) is 6.00. The van der Waals surface area contributed by atoms with Crippen molar-refractivity contribution in [2.75, 3.05) is 0 Å². The summed E-state index contributed by atoms with van der Waals surface area (Å²) in [6.45, 7) is 0.428. The highest BCUT2D eigenvalue weighted by atomic mass is 16.2. The maximum absolute atomic E-state index is 12.4. The van der Waals surface area contributed by atoms with Crippen molar-refractivity contribution in [1.29, 1.82) is 0 Å². The molecule has 0 saturated heterocycles. The molecule has 4 rings (SSSR count). The fraction of sp³-hybridized carbons (Fsp3) is 0.211. The highest BCUT2D eigenvalue weighted by Crippen LogP contribution is 2.47. The molecule has 0 bridgehead atoms. The first-order chi connectivity index (χ1) is 11.8. The fourth-order valence-corrected chi connectivity index (χ4v) is 3.03. The highest BCUT2D eigenvalue weighted by molar-refractivity contribution is 5.82. The van der Waals surface area contributed by atoms with Crippen LogP contribution < -0.4 is 5.32 Å². The summed E-state index contributed by atoms with van der Waals surface area (Å²) in [5.74, 6) is 1.27. The van der Waals surface area contributed by atoms with Crippen LogP contribution >= 0.6 is 0 Å². The molecule has 1 aliphatic carbocycles. The summed E-state index contributed by atoms with van der Waals surface area (Å²) in [5.41, 5.74) is 2.18. The normalized spacial score (nSPS) is 19.0. The van der Waals surface area contributed by atoms with E-state index in [0.717, 1.165) is 23.5 Å². The Kier molecular flexibility index (Phi) is 3.83. The Morgan fingerprint density at radius 3 is 2.83 bits per heavy atom. The lowest BCUT2D eigenvalue weighted by molar-refractivity contribution is -0.122. The molecule has 5 nitrogen and oxygen atoms in total. The topological polar surface area (TPSA) is 59.8 Å². The first kappa shape index (κ1) is 14.6. The van der Waals surface area contributed by atoms with Gasteiger partial charge in [-0.25, -0.2) is 4.98 Å². The fourth-order valence-electron chi connectivity index (χ4n) is 3.03. The molecule has 1 N–H and O–H groups in total. The molecule has 1 fully saturated rings. The number of amides is 1. The Morgan fingerprint density at radius 2 is 2.04 bits per heavy atom. The number of benzene rings is 1. The van der Waals surface area contributed by atoms with Crippen LogP contribution in [0.25, 0.3) is 5.69 Å². The molecule has 0 spiro atoms. The molecule has 1 amide bonds. The third-order valence-electron chi connectivity index (χ3n) is 4.41. The van der Waals surface area contributed by atoms with Gasteiger partial charge in [-0.15, -0.1) is 0 Å². The van der Waals surface area contributed by atoms with Crippen LogP contribution in [0.4, 0.5) is 0 Å². The van der Waals surface area contributed by atoms with Gasteiger partial charge in [0, 0.05) is 36.4 Å². The highest BCUT2D eigenvalue weighted by Gasteiger charge is 2.43. The number of aromatic nitrogens is 3. The lowest BCUT2D eigenvalue weighted by Gasteiger charge is -2.09. The molecule has 1 saturated carbocycles. The van der Waals surface area contributed by atoms with Crippen molar-refractivity contribution >= 4 is 5.91 Å². The largest absolute Gasteiger partial charge is 0.349 e. The van der Waals surface area contributed by atoms with Crippen molar-refractivity contribution in [3.63, 3.8) is 0 Å². The molecule has 0 unspecified atom stereocenters. The van der Waals surface area contributed by atoms with Gasteiger partial charge in [0.1, 0.15) is 5.82 Å². The van der Waals surface area contributed by atoms with Gasteiger partial charge in [-0.1, -0.05) is 24.3 Å². The summed E-state index contributed by atoms with van der Waals surface area (Å²) in [5, 5.41) is 3.01. The summed E-state index contributed by atoms with van der Waals surface area (Å²) in [6.07, 6.45) is 8.16. The van der Waals surface area contributed by atoms with E-state index in [9.17, 15) is 4.79 Å². The standard InChI is InChI=1S/C19H18N4O/c24-19(17-11-16(17)14-5-4-8-20-12-14)22-13-18-21-9-10-23(18)15-6-2-1-3-7-15/h1-10,12,16-17H,11,13H2,(H,22,24)/t16-,17+/m0/s1. The van der Waals surface area contributed by atoms with E-state index in [0.29, 0.717) is 12.5 Å². The van der Waals surface area contributed by atoms with Crippen LogP contribution in [0.1, 0.15) is 23.7 Å². The number of hydrogen-bond donors (Lipinski definition) is 1. The van der Waals surface area contributed by atoms with Crippen LogP contribution in [0.3, 0.4) is 0 Å². The van der Waals surface area contributed by atoms with Gasteiger partial charge in [-0.05, 0) is 36.1 Å². The quantitative estimate of drug-likeness (QED) is 0.787. The molecule has 120 valence electrons. The van der Waals surface area contributed by atoms with E-state index in [1.165, 1.54) is 0 Å². The molecule has 1 aliphatic rings. The first-order valence-corrected chi connectivity index (χ1v) is 8.08. The number of carbonyl (C=O) groups is 1. The Balaban J connectivity index is 1.39. The van der Waals surface area contributed by atoms with Crippen LogP contribution in [0.5, 0.6) is 0 Å². The number of nitrogens with zero attached hydrogens (tertiary/aromatic N) is 3. The van der Waals surface area contributed by atoms with Gasteiger partial charge in [0.15, 0.2) is 0 Å². The summed E-state index contributed by atoms with van der Waals surface area (Å²) < 4.78 is 1.99. The Bertz CT molecular complexity index is 829. The molecular formula is C19H18N4O. The minimum atomic E-state index is 0.0503. The molecule has 5 heteroatoms. The van der Waals surface area contributed by atoms with Crippen LogP contribution in [-0.4, -0.2) is 20.4 Å². The van der Waals surface area contributed by atoms with Crippen molar-refractivity contribution < 1.29 is 4.79 Å². The van der Waals surface area contributed by atoms with Gasteiger partial charge in [-0.3, -0.25) is 9.78 Å². The van der Waals surface area contributed by atoms with Gasteiger partial charge in [0.05, 0.1) is 6.54 Å². The third-order valence-corrected chi connectivity index (χ3v) is 4.41. The zero-order valence-electron chi connectivity index (χ0n) is 13.2. The number of para-hydroxylation sites is 1. The number of rotatable bonds is 5. The predicted octanol–water partition coefficient (Wildman–Crippen LogP) is 2.69. The van der Waals surface area contributed by atoms with Crippen LogP contribution in [0, 0.1) is 5.92 Å². The number of pyridine rings is 1. The van der Waals surface area contributed by atoms with Crippen LogP contribution in [0.15, 0.2) is 67.3 Å². The smallest absolute Gasteiger partial charge is 0.224 e. The average Bonchev–Trinajstić information content (AvgIpc) is 3.31. The molecule has 3 aromatic rings. The van der Waals surface area contributed by atoms with Crippen molar-refractivity contribution in [3.8, 4) is 5.69 Å². The lowest BCUT2D eigenvalue weighted by atomic mass is 10.1. The van der Waals surface area contributed by atoms with Crippen LogP contribution in [0.2, 0.25) is 0 Å². The molecule has 24 heavy (non-hydrogen) atoms. The van der Waals surface area contributed by atoms with E-state index in [-0.39, 0.29) is 11.8 Å². The van der Waals surface area contributed by atoms with E-state index in [4.69, 9.17) is 0 Å². The van der Waals surface area contributed by atoms with E-state index in [2.05, 4.69) is 15.3 Å². The number of hydrogen-bond acceptors (Lipinski definition) is 3. The van der Waals surface area contributed by atoms with Crippen molar-refractivity contribution in [3.05, 3.63) is 78.6 Å². The Hall–Kier alpha value is -2.95. The van der Waals surface area contributed by atoms with E-state index >= 15 is 0 Å². The zero-order valence-corrected chi connectivity index (χ0v) is 13.2. The Labute approximate surface area is 140 Å². The minimum absolute atomic E-state index is 0.0503. The van der Waals surface area contributed by atoms with Crippen molar-refractivity contribution in [1.82, 2.24) is 19.9 Å². The Morgan fingerprint density at radius 1 is 1.17 bits per heavy atom. The van der Waals surface area contributed by atoms with Gasteiger partial charge < -0.3 is 9.88 Å². The summed E-state index contributed by atoms with van der Waals surface area (Å²) in [7, 11) is 0. The zero-order chi connectivity index (χ0) is 16.4. The molecule has 0 radical (unpaired) electrons. The number of carbonyl (C=O) groups excluding carboxylic acids is 1. The monoisotopic (exact) mass is 318 g/mol. The summed E-state index contributed by atoms with van der Waals surface area (Å²) in [6, 6.07) is 13.9. The second kappa shape index (κ2) is 6.28. The predicted molar refractivity (Wildman–Crippen MR) is 90.5 cm³/mol. The number of imidazole rings is 1. The maximum Gasteiger partial charge on any atom is 0.224 e. The lowest BCUT2D eigenvalue weighted by Crippen LogP contribution is -2.26. The molecule has 0 aliphatic heterocycles. The van der Waals surface area contributed by atoms with Crippen molar-refractivity contribution in [2.45, 2.75) is 18.9 Å². The van der Waals surface area contributed by atoms with Gasteiger partial charge in [0.2, 0.25) is 5.91 Å². The third kappa shape index (κ3) is 2.93. The average molecular weight is 318 g/mol. The molecule has 2 heterocycles. The minimum Gasteiger partial charge on any atom is -0.349 e. The van der Waals surface area contributed by atoms with Gasteiger partial charge in [0.25, 0.3) is 0 Å². The van der Waals surface area contributed by atoms with Gasteiger partial charge >= 0.3 is 0 Å². The van der Waals surface area contributed by atoms with Gasteiger partial charge in [-0.2, -0.15) is 0 Å². The van der Waals surface area contributed by atoms with E-state index < -0.39 is 0 Å². The second-order valence-corrected chi connectivity index (χ2v) is 6.00. The molecule has 2 aromatic heterocycles. The molecule has 2 atom stereocenters.